The Balaban J connectivity index is 1.55. The molecule has 12 heteroatoms. The van der Waals surface area contributed by atoms with Crippen molar-refractivity contribution in [3.8, 4) is 5.75 Å². The number of halogens is 2. The van der Waals surface area contributed by atoms with Gasteiger partial charge < -0.3 is 25.2 Å². The molecule has 4 rings (SSSR count). The summed E-state index contributed by atoms with van der Waals surface area (Å²) in [6.07, 6.45) is 6.57. The second-order valence-electron chi connectivity index (χ2n) is 9.63. The van der Waals surface area contributed by atoms with Gasteiger partial charge in [-0.3, -0.25) is 14.5 Å². The summed E-state index contributed by atoms with van der Waals surface area (Å²) in [5, 5.41) is 16.0. The van der Waals surface area contributed by atoms with Gasteiger partial charge in [-0.15, -0.1) is 0 Å². The summed E-state index contributed by atoms with van der Waals surface area (Å²) in [6.45, 7) is 4.54. The normalized spacial score (nSPS) is 13.9. The van der Waals surface area contributed by atoms with E-state index in [2.05, 4.69) is 20.6 Å². The molecule has 0 radical (unpaired) electrons. The molecule has 0 bridgehead atoms. The first-order valence-electron chi connectivity index (χ1n) is 13.4. The maximum absolute atomic E-state index is 13.6. The van der Waals surface area contributed by atoms with Gasteiger partial charge in [0.25, 0.3) is 0 Å². The number of aromatic nitrogens is 2. The number of carbonyl (C=O) groups excluding carboxylic acids is 2. The number of ether oxygens (including phenoxy) is 2. The van der Waals surface area contributed by atoms with Crippen molar-refractivity contribution in [2.45, 2.75) is 32.7 Å². The summed E-state index contributed by atoms with van der Waals surface area (Å²) in [5.74, 6) is 0.0458. The number of aliphatic hydroxyl groups excluding tert-OH is 1. The van der Waals surface area contributed by atoms with Crippen LogP contribution in [0.1, 0.15) is 26.7 Å². The monoisotopic (exact) mass is 585 g/mol. The van der Waals surface area contributed by atoms with Crippen LogP contribution in [0.15, 0.2) is 48.8 Å². The summed E-state index contributed by atoms with van der Waals surface area (Å²) >= 11 is 5.94. The maximum atomic E-state index is 13.6. The Bertz CT molecular complexity index is 1420. The number of hydrogen-bond donors (Lipinski definition) is 3. The van der Waals surface area contributed by atoms with E-state index in [9.17, 15) is 19.1 Å². The molecule has 1 atom stereocenters. The first kappa shape index (κ1) is 30.2. The summed E-state index contributed by atoms with van der Waals surface area (Å²) in [4.78, 5) is 35.5. The number of carbonyl (C=O) groups is 2. The van der Waals surface area contributed by atoms with E-state index in [1.165, 1.54) is 24.5 Å². The van der Waals surface area contributed by atoms with Crippen LogP contribution in [0.2, 0.25) is 5.02 Å². The molecule has 1 saturated carbocycles. The molecule has 0 saturated heterocycles. The summed E-state index contributed by atoms with van der Waals surface area (Å²) in [6, 6.07) is 7.13. The lowest BCUT2D eigenvalue weighted by atomic mass is 10.1. The topological polar surface area (TPSA) is 126 Å². The van der Waals surface area contributed by atoms with E-state index in [0.29, 0.717) is 46.4 Å². The summed E-state index contributed by atoms with van der Waals surface area (Å²) in [5.41, 5.74) is 1.54. The molecule has 3 aromatic rings. The van der Waals surface area contributed by atoms with Crippen molar-refractivity contribution in [3.63, 3.8) is 0 Å². The van der Waals surface area contributed by atoms with Crippen LogP contribution < -0.4 is 15.4 Å². The highest BCUT2D eigenvalue weighted by Gasteiger charge is 2.23. The maximum Gasteiger partial charge on any atom is 0.323 e. The smallest absolute Gasteiger partial charge is 0.323 e. The van der Waals surface area contributed by atoms with Gasteiger partial charge in [-0.1, -0.05) is 17.7 Å². The number of benzene rings is 2. The molecule has 1 amide bonds. The first-order chi connectivity index (χ1) is 19.8. The van der Waals surface area contributed by atoms with E-state index < -0.39 is 23.7 Å². The van der Waals surface area contributed by atoms with Crippen LogP contribution in [-0.4, -0.2) is 70.8 Å². The van der Waals surface area contributed by atoms with Gasteiger partial charge in [-0.25, -0.2) is 14.4 Å². The van der Waals surface area contributed by atoms with E-state index in [0.717, 1.165) is 12.8 Å². The zero-order valence-electron chi connectivity index (χ0n) is 22.9. The summed E-state index contributed by atoms with van der Waals surface area (Å²) < 4.78 is 24.8. The van der Waals surface area contributed by atoms with Crippen molar-refractivity contribution < 1.29 is 28.6 Å². The molecule has 1 aromatic heterocycles. The molecule has 0 spiro atoms. The van der Waals surface area contributed by atoms with Crippen LogP contribution in [0.25, 0.3) is 10.9 Å². The number of aliphatic hydroxyl groups is 1. The largest absolute Gasteiger partial charge is 0.491 e. The highest BCUT2D eigenvalue weighted by molar-refractivity contribution is 6.31. The Kier molecular flexibility index (Phi) is 10.4. The molecule has 218 valence electrons. The molecule has 2 aromatic carbocycles. The number of rotatable bonds is 14. The Labute approximate surface area is 242 Å². The molecule has 1 aliphatic rings. The minimum atomic E-state index is -0.584. The molecule has 0 unspecified atom stereocenters. The van der Waals surface area contributed by atoms with Crippen molar-refractivity contribution >= 4 is 51.6 Å². The molecular formula is C29H33ClFN5O5. The lowest BCUT2D eigenvalue weighted by molar-refractivity contribution is -0.148. The van der Waals surface area contributed by atoms with E-state index >= 15 is 0 Å². The van der Waals surface area contributed by atoms with Crippen LogP contribution in [0.3, 0.4) is 0 Å². The molecule has 3 N–H and O–H groups in total. The number of amides is 1. The number of anilines is 3. The Morgan fingerprint density at radius 1 is 1.27 bits per heavy atom. The van der Waals surface area contributed by atoms with E-state index in [1.54, 1.807) is 43.0 Å². The van der Waals surface area contributed by atoms with Gasteiger partial charge >= 0.3 is 5.97 Å². The van der Waals surface area contributed by atoms with Crippen LogP contribution in [0.4, 0.5) is 21.6 Å². The van der Waals surface area contributed by atoms with Gasteiger partial charge in [0.2, 0.25) is 5.91 Å². The molecule has 1 aliphatic carbocycles. The van der Waals surface area contributed by atoms with Crippen LogP contribution in [-0.2, 0) is 14.3 Å². The Morgan fingerprint density at radius 2 is 2.07 bits per heavy atom. The number of nitrogens with zero attached hydrogens (tertiary/aromatic N) is 3. The first-order valence-corrected chi connectivity index (χ1v) is 13.8. The standard InChI is InChI=1S/C29H33ClFN5O5/c1-3-40-29(39)18(2)36(11-12-37)10-4-5-27(38)35-25-14-21-24(15-26(25)41-16-19-6-7-19)32-17-33-28(21)34-20-8-9-23(31)22(30)13-20/h4-5,8-9,13-15,17-19,37H,3,6-7,10-12,16H2,1-2H3,(H,35,38)(H,32,33,34)/t18-/m1/s1. The summed E-state index contributed by atoms with van der Waals surface area (Å²) in [7, 11) is 0. The minimum absolute atomic E-state index is 0.0296. The fourth-order valence-electron chi connectivity index (χ4n) is 4.06. The minimum Gasteiger partial charge on any atom is -0.491 e. The van der Waals surface area contributed by atoms with Crippen molar-refractivity contribution in [2.24, 2.45) is 5.92 Å². The van der Waals surface area contributed by atoms with Crippen LogP contribution >= 0.6 is 11.6 Å². The Morgan fingerprint density at radius 3 is 2.78 bits per heavy atom. The lowest BCUT2D eigenvalue weighted by Gasteiger charge is -2.25. The molecule has 1 fully saturated rings. The highest BCUT2D eigenvalue weighted by Crippen LogP contribution is 2.36. The van der Waals surface area contributed by atoms with Gasteiger partial charge in [0.1, 0.15) is 29.8 Å². The van der Waals surface area contributed by atoms with Crippen molar-refractivity contribution in [3.05, 3.63) is 59.7 Å². The van der Waals surface area contributed by atoms with E-state index in [4.69, 9.17) is 21.1 Å². The molecular weight excluding hydrogens is 553 g/mol. The van der Waals surface area contributed by atoms with Gasteiger partial charge in [0.15, 0.2) is 0 Å². The average Bonchev–Trinajstić information content (AvgIpc) is 3.78. The average molecular weight is 586 g/mol. The molecule has 1 heterocycles. The van der Waals surface area contributed by atoms with E-state index in [-0.39, 0.29) is 31.3 Å². The Hall–Kier alpha value is -3.80. The van der Waals surface area contributed by atoms with Gasteiger partial charge in [-0.05, 0) is 56.9 Å². The van der Waals surface area contributed by atoms with Gasteiger partial charge in [0, 0.05) is 36.3 Å². The van der Waals surface area contributed by atoms with Crippen LogP contribution in [0, 0.1) is 11.7 Å². The quantitative estimate of drug-likeness (QED) is 0.182. The predicted molar refractivity (Wildman–Crippen MR) is 155 cm³/mol. The SMILES string of the molecule is CCOC(=O)[C@@H](C)N(CC=CC(=O)Nc1cc2c(Nc3ccc(F)c(Cl)c3)ncnc2cc1OCC1CC1)CCO. The molecule has 0 aliphatic heterocycles. The van der Waals surface area contributed by atoms with Crippen molar-refractivity contribution in [1.29, 1.82) is 0 Å². The third kappa shape index (κ3) is 8.35. The number of esters is 1. The fourth-order valence-corrected chi connectivity index (χ4v) is 4.24. The molecule has 41 heavy (non-hydrogen) atoms. The van der Waals surface area contributed by atoms with Crippen molar-refractivity contribution in [1.82, 2.24) is 14.9 Å². The second kappa shape index (κ2) is 14.2. The fraction of sp³-hybridized carbons (Fsp3) is 0.379. The van der Waals surface area contributed by atoms with E-state index in [1.807, 2.05) is 0 Å². The van der Waals surface area contributed by atoms with Gasteiger partial charge in [0.05, 0.1) is 36.0 Å². The highest BCUT2D eigenvalue weighted by atomic mass is 35.5. The number of fused-ring (bicyclic) bond motifs is 1. The number of hydrogen-bond acceptors (Lipinski definition) is 9. The van der Waals surface area contributed by atoms with Crippen LogP contribution in [0.5, 0.6) is 5.75 Å². The lowest BCUT2D eigenvalue weighted by Crippen LogP contribution is -2.41. The van der Waals surface area contributed by atoms with Gasteiger partial charge in [-0.2, -0.15) is 0 Å². The molecule has 10 nitrogen and oxygen atoms in total. The third-order valence-electron chi connectivity index (χ3n) is 6.52. The second-order valence-corrected chi connectivity index (χ2v) is 10.0. The predicted octanol–water partition coefficient (Wildman–Crippen LogP) is 4.70. The zero-order chi connectivity index (χ0) is 29.4. The van der Waals surface area contributed by atoms with Crippen molar-refractivity contribution in [2.75, 3.05) is 43.5 Å². The zero-order valence-corrected chi connectivity index (χ0v) is 23.7. The third-order valence-corrected chi connectivity index (χ3v) is 6.81. The number of nitrogens with one attached hydrogen (secondary N) is 2.